The lowest BCUT2D eigenvalue weighted by Gasteiger charge is -2.13. The van der Waals surface area contributed by atoms with Crippen molar-refractivity contribution in [3.63, 3.8) is 0 Å². The van der Waals surface area contributed by atoms with Gasteiger partial charge >= 0.3 is 0 Å². The van der Waals surface area contributed by atoms with E-state index in [1.807, 2.05) is 6.92 Å². The third-order valence-electron chi connectivity index (χ3n) is 2.81. The van der Waals surface area contributed by atoms with Gasteiger partial charge in [-0.05, 0) is 30.9 Å². The first-order chi connectivity index (χ1) is 8.50. The Morgan fingerprint density at radius 2 is 2.06 bits per heavy atom. The van der Waals surface area contributed by atoms with Crippen LogP contribution in [0.2, 0.25) is 0 Å². The van der Waals surface area contributed by atoms with Gasteiger partial charge in [-0.3, -0.25) is 4.79 Å². The van der Waals surface area contributed by atoms with Crippen molar-refractivity contribution in [1.29, 1.82) is 0 Å². The number of hydrogen-bond acceptors (Lipinski definition) is 2. The first-order valence-electron chi connectivity index (χ1n) is 6.20. The van der Waals surface area contributed by atoms with Gasteiger partial charge in [0.25, 0.3) is 0 Å². The number of aliphatic hydroxyl groups is 1. The van der Waals surface area contributed by atoms with Crippen LogP contribution in [0.3, 0.4) is 0 Å². The van der Waals surface area contributed by atoms with E-state index < -0.39 is 6.10 Å². The number of benzene rings is 1. The number of aliphatic hydroxyl groups excluding tert-OH is 1. The maximum Gasteiger partial charge on any atom is 0.220 e. The summed E-state index contributed by atoms with van der Waals surface area (Å²) in [5.74, 6) is -0.550. The summed E-state index contributed by atoms with van der Waals surface area (Å²) < 4.78 is 13.5. The second kappa shape index (κ2) is 7.11. The summed E-state index contributed by atoms with van der Waals surface area (Å²) in [6, 6.07) is 6.49. The highest BCUT2D eigenvalue weighted by atomic mass is 19.1. The lowest BCUT2D eigenvalue weighted by atomic mass is 9.97. The second-order valence-electron chi connectivity index (χ2n) is 4.61. The van der Waals surface area contributed by atoms with E-state index in [2.05, 4.69) is 5.32 Å². The van der Waals surface area contributed by atoms with Gasteiger partial charge in [0, 0.05) is 13.0 Å². The Labute approximate surface area is 107 Å². The van der Waals surface area contributed by atoms with E-state index in [0.717, 1.165) is 0 Å². The van der Waals surface area contributed by atoms with Gasteiger partial charge in [0.1, 0.15) is 5.82 Å². The molecule has 2 atom stereocenters. The molecule has 0 aromatic heterocycles. The van der Waals surface area contributed by atoms with E-state index in [0.29, 0.717) is 18.5 Å². The molecular weight excluding hydrogens is 233 g/mol. The Morgan fingerprint density at radius 3 is 2.67 bits per heavy atom. The molecule has 0 heterocycles. The Bertz CT molecular complexity index is 393. The lowest BCUT2D eigenvalue weighted by molar-refractivity contribution is -0.121. The van der Waals surface area contributed by atoms with E-state index in [4.69, 9.17) is 5.11 Å². The van der Waals surface area contributed by atoms with Gasteiger partial charge in [-0.2, -0.15) is 0 Å². The quantitative estimate of drug-likeness (QED) is 0.816. The van der Waals surface area contributed by atoms with Crippen LogP contribution in [0.5, 0.6) is 0 Å². The number of amides is 1. The van der Waals surface area contributed by atoms with Crippen LogP contribution in [0.15, 0.2) is 24.3 Å². The first kappa shape index (κ1) is 14.6. The van der Waals surface area contributed by atoms with Crippen LogP contribution in [-0.2, 0) is 4.79 Å². The van der Waals surface area contributed by atoms with Crippen LogP contribution < -0.4 is 5.32 Å². The molecule has 0 aliphatic rings. The molecule has 4 heteroatoms. The highest BCUT2D eigenvalue weighted by molar-refractivity contribution is 5.76. The highest BCUT2D eigenvalue weighted by Crippen LogP contribution is 2.21. The normalized spacial score (nSPS) is 14.0. The average molecular weight is 253 g/mol. The third kappa shape index (κ3) is 4.84. The highest BCUT2D eigenvalue weighted by Gasteiger charge is 2.14. The summed E-state index contributed by atoms with van der Waals surface area (Å²) >= 11 is 0. The predicted molar refractivity (Wildman–Crippen MR) is 68.7 cm³/mol. The van der Waals surface area contributed by atoms with Crippen molar-refractivity contribution in [2.24, 2.45) is 0 Å². The van der Waals surface area contributed by atoms with E-state index in [-0.39, 0.29) is 24.1 Å². The molecule has 0 saturated carbocycles. The van der Waals surface area contributed by atoms with Crippen LogP contribution in [-0.4, -0.2) is 23.7 Å². The molecule has 1 aromatic rings. The molecule has 1 rings (SSSR count). The van der Waals surface area contributed by atoms with Gasteiger partial charge in [-0.25, -0.2) is 4.39 Å². The van der Waals surface area contributed by atoms with Crippen molar-refractivity contribution in [2.45, 2.75) is 38.7 Å². The Balaban J connectivity index is 2.42. The average Bonchev–Trinajstić information content (AvgIpc) is 2.28. The Hall–Kier alpha value is -1.42. The van der Waals surface area contributed by atoms with E-state index in [9.17, 15) is 9.18 Å². The van der Waals surface area contributed by atoms with Crippen LogP contribution in [0.1, 0.15) is 38.2 Å². The van der Waals surface area contributed by atoms with Crippen molar-refractivity contribution in [3.8, 4) is 0 Å². The van der Waals surface area contributed by atoms with E-state index >= 15 is 0 Å². The zero-order valence-electron chi connectivity index (χ0n) is 10.8. The first-order valence-corrected chi connectivity index (χ1v) is 6.20. The maximum atomic E-state index is 13.5. The Kier molecular flexibility index (Phi) is 5.78. The van der Waals surface area contributed by atoms with Gasteiger partial charge in [0.05, 0.1) is 6.10 Å². The molecule has 0 radical (unpaired) electrons. The summed E-state index contributed by atoms with van der Waals surface area (Å²) in [5, 5.41) is 11.8. The topological polar surface area (TPSA) is 49.3 Å². The molecule has 0 bridgehead atoms. The number of carbonyl (C=O) groups excluding carboxylic acids is 1. The van der Waals surface area contributed by atoms with Crippen LogP contribution in [0, 0.1) is 5.82 Å². The summed E-state index contributed by atoms with van der Waals surface area (Å²) in [7, 11) is 0. The minimum absolute atomic E-state index is 0.119. The summed E-state index contributed by atoms with van der Waals surface area (Å²) in [6.07, 6.45) is 0.356. The fourth-order valence-corrected chi connectivity index (χ4v) is 1.76. The van der Waals surface area contributed by atoms with Crippen molar-refractivity contribution in [1.82, 2.24) is 5.32 Å². The number of nitrogens with one attached hydrogen (secondary N) is 1. The van der Waals surface area contributed by atoms with Crippen LogP contribution in [0.25, 0.3) is 0 Å². The van der Waals surface area contributed by atoms with Crippen molar-refractivity contribution in [3.05, 3.63) is 35.6 Å². The zero-order chi connectivity index (χ0) is 13.5. The molecule has 0 spiro atoms. The van der Waals surface area contributed by atoms with Crippen molar-refractivity contribution >= 4 is 5.91 Å². The summed E-state index contributed by atoms with van der Waals surface area (Å²) in [5.41, 5.74) is 0.558. The number of hydrogen-bond donors (Lipinski definition) is 2. The fraction of sp³-hybridized carbons (Fsp3) is 0.500. The molecule has 0 saturated heterocycles. The predicted octanol–water partition coefficient (Wildman–Crippen LogP) is 2.21. The lowest BCUT2D eigenvalue weighted by Crippen LogP contribution is -2.27. The van der Waals surface area contributed by atoms with Crippen LogP contribution >= 0.6 is 0 Å². The molecule has 2 N–H and O–H groups in total. The molecule has 1 aromatic carbocycles. The van der Waals surface area contributed by atoms with E-state index in [1.54, 1.807) is 25.1 Å². The number of rotatable bonds is 6. The largest absolute Gasteiger partial charge is 0.393 e. The monoisotopic (exact) mass is 253 g/mol. The van der Waals surface area contributed by atoms with Gasteiger partial charge < -0.3 is 10.4 Å². The number of halogens is 1. The van der Waals surface area contributed by atoms with Gasteiger partial charge in [0.2, 0.25) is 5.91 Å². The van der Waals surface area contributed by atoms with Crippen molar-refractivity contribution < 1.29 is 14.3 Å². The van der Waals surface area contributed by atoms with Gasteiger partial charge in [0.15, 0.2) is 0 Å². The Morgan fingerprint density at radius 1 is 1.39 bits per heavy atom. The summed E-state index contributed by atoms with van der Waals surface area (Å²) in [4.78, 5) is 11.6. The molecule has 0 fully saturated rings. The molecule has 3 nitrogen and oxygen atoms in total. The van der Waals surface area contributed by atoms with Crippen molar-refractivity contribution in [2.75, 3.05) is 6.54 Å². The van der Waals surface area contributed by atoms with Gasteiger partial charge in [-0.1, -0.05) is 25.1 Å². The zero-order valence-corrected chi connectivity index (χ0v) is 10.8. The van der Waals surface area contributed by atoms with Gasteiger partial charge in [-0.15, -0.1) is 0 Å². The minimum Gasteiger partial charge on any atom is -0.393 e. The molecule has 18 heavy (non-hydrogen) atoms. The fourth-order valence-electron chi connectivity index (χ4n) is 1.76. The maximum absolute atomic E-state index is 13.5. The molecular formula is C14H20FNO2. The summed E-state index contributed by atoms with van der Waals surface area (Å²) in [6.45, 7) is 3.95. The molecule has 100 valence electrons. The third-order valence-corrected chi connectivity index (χ3v) is 2.81. The standard InChI is InChI=1S/C14H20FNO2/c1-10(12-5-3-4-6-13(12)15)9-14(18)16-8-7-11(2)17/h3-6,10-11,17H,7-9H2,1-2H3,(H,16,18). The molecule has 0 aliphatic heterocycles. The smallest absolute Gasteiger partial charge is 0.220 e. The minimum atomic E-state index is -0.422. The van der Waals surface area contributed by atoms with E-state index in [1.165, 1.54) is 6.07 Å². The number of carbonyl (C=O) groups is 1. The molecule has 0 aliphatic carbocycles. The molecule has 1 amide bonds. The SMILES string of the molecule is CC(O)CCNC(=O)CC(C)c1ccccc1F. The second-order valence-corrected chi connectivity index (χ2v) is 4.61. The van der Waals surface area contributed by atoms with Crippen LogP contribution in [0.4, 0.5) is 4.39 Å². The molecule has 2 unspecified atom stereocenters.